The van der Waals surface area contributed by atoms with Crippen LogP contribution in [0.3, 0.4) is 0 Å². The maximum atomic E-state index is 4.97. The molecule has 0 fully saturated rings. The Morgan fingerprint density at radius 2 is 1.64 bits per heavy atom. The van der Waals surface area contributed by atoms with E-state index in [1.807, 2.05) is 0 Å². The summed E-state index contributed by atoms with van der Waals surface area (Å²) in [5.41, 5.74) is 0. The number of hydrogen-bond donors (Lipinski definition) is 0. The molecule has 0 aromatic rings. The highest BCUT2D eigenvalue weighted by atomic mass is 32.1. The van der Waals surface area contributed by atoms with Crippen LogP contribution in [0.5, 0.6) is 0 Å². The van der Waals surface area contributed by atoms with E-state index in [9.17, 15) is 0 Å². The van der Waals surface area contributed by atoms with Crippen LogP contribution in [-0.4, -0.2) is 5.25 Å². The third-order valence-electron chi connectivity index (χ3n) is 1.88. The van der Waals surface area contributed by atoms with Crippen molar-refractivity contribution in [3.05, 3.63) is 6.92 Å². The van der Waals surface area contributed by atoms with Gasteiger partial charge in [0, 0.05) is 5.25 Å². The molecule has 0 saturated carbocycles. The number of unbranched alkanes of at least 4 members (excludes halogenated alkanes) is 5. The summed E-state index contributed by atoms with van der Waals surface area (Å²) < 4.78 is 0. The van der Waals surface area contributed by atoms with E-state index in [-0.39, 0.29) is 5.25 Å². The molecule has 2 radical (unpaired) electrons. The van der Waals surface area contributed by atoms with Crippen LogP contribution in [0.15, 0.2) is 0 Å². The number of hydrogen-bond acceptors (Lipinski definition) is 0. The standard InChI is InChI=1S/C10H20S/c1-3-4-5-6-7-8-9-10(2)11/h10H,2-9H2,1H3. The van der Waals surface area contributed by atoms with Gasteiger partial charge in [-0.3, -0.25) is 0 Å². The lowest BCUT2D eigenvalue weighted by Crippen LogP contribution is -1.90. The van der Waals surface area contributed by atoms with Crippen LogP contribution in [-0.2, 0) is 0 Å². The van der Waals surface area contributed by atoms with Crippen molar-refractivity contribution in [2.75, 3.05) is 0 Å². The Labute approximate surface area is 77.2 Å². The van der Waals surface area contributed by atoms with Crippen molar-refractivity contribution in [2.45, 2.75) is 57.1 Å². The highest BCUT2D eigenvalue weighted by Gasteiger charge is 1.94. The van der Waals surface area contributed by atoms with Crippen molar-refractivity contribution >= 4 is 12.6 Å². The molecule has 11 heavy (non-hydrogen) atoms. The van der Waals surface area contributed by atoms with Gasteiger partial charge in [0.1, 0.15) is 0 Å². The zero-order valence-corrected chi connectivity index (χ0v) is 8.46. The van der Waals surface area contributed by atoms with Gasteiger partial charge in [0.2, 0.25) is 0 Å². The summed E-state index contributed by atoms with van der Waals surface area (Å²) in [6.45, 7) is 6.03. The van der Waals surface area contributed by atoms with Gasteiger partial charge >= 0.3 is 0 Å². The van der Waals surface area contributed by atoms with Gasteiger partial charge in [-0.15, -0.1) is 0 Å². The summed E-state index contributed by atoms with van der Waals surface area (Å²) in [7, 11) is 0. The normalized spacial score (nSPS) is 13.4. The maximum Gasteiger partial charge on any atom is 0.0152 e. The van der Waals surface area contributed by atoms with Crippen molar-refractivity contribution in [3.63, 3.8) is 0 Å². The fraction of sp³-hybridized carbons (Fsp3) is 0.900. The largest absolute Gasteiger partial charge is 0.0904 e. The molecular weight excluding hydrogens is 152 g/mol. The van der Waals surface area contributed by atoms with Gasteiger partial charge < -0.3 is 0 Å². The SMILES string of the molecule is [CH2]C([S])CCCCCCCC. The molecule has 0 aliphatic carbocycles. The summed E-state index contributed by atoms with van der Waals surface area (Å²) in [5.74, 6) is 0. The van der Waals surface area contributed by atoms with Crippen molar-refractivity contribution in [2.24, 2.45) is 0 Å². The molecule has 0 bridgehead atoms. The Morgan fingerprint density at radius 1 is 1.09 bits per heavy atom. The van der Waals surface area contributed by atoms with Crippen molar-refractivity contribution in [1.29, 1.82) is 0 Å². The molecule has 0 spiro atoms. The van der Waals surface area contributed by atoms with E-state index >= 15 is 0 Å². The lowest BCUT2D eigenvalue weighted by Gasteiger charge is -2.01. The molecule has 0 rings (SSSR count). The van der Waals surface area contributed by atoms with Crippen LogP contribution in [0.2, 0.25) is 0 Å². The first kappa shape index (κ1) is 11.4. The molecule has 0 N–H and O–H groups in total. The topological polar surface area (TPSA) is 0 Å². The second kappa shape index (κ2) is 8.45. The minimum atomic E-state index is 0.237. The molecule has 1 atom stereocenters. The minimum absolute atomic E-state index is 0.237. The summed E-state index contributed by atoms with van der Waals surface area (Å²) in [6, 6.07) is 0. The van der Waals surface area contributed by atoms with Gasteiger partial charge in [0.15, 0.2) is 0 Å². The van der Waals surface area contributed by atoms with E-state index in [4.69, 9.17) is 12.6 Å². The van der Waals surface area contributed by atoms with E-state index in [1.54, 1.807) is 0 Å². The van der Waals surface area contributed by atoms with E-state index in [1.165, 1.54) is 38.5 Å². The summed E-state index contributed by atoms with van der Waals surface area (Å²) in [4.78, 5) is 0. The Kier molecular flexibility index (Phi) is 8.72. The van der Waals surface area contributed by atoms with Gasteiger partial charge in [-0.25, -0.2) is 0 Å². The fourth-order valence-corrected chi connectivity index (χ4v) is 1.32. The molecule has 0 aromatic heterocycles. The van der Waals surface area contributed by atoms with E-state index in [0.29, 0.717) is 0 Å². The third-order valence-corrected chi connectivity index (χ3v) is 2.12. The first-order valence-electron chi connectivity index (χ1n) is 4.76. The van der Waals surface area contributed by atoms with Crippen LogP contribution < -0.4 is 0 Å². The predicted molar refractivity (Wildman–Crippen MR) is 54.7 cm³/mol. The Balaban J connectivity index is 2.80. The number of rotatable bonds is 7. The molecule has 0 heterocycles. The highest BCUT2D eigenvalue weighted by molar-refractivity contribution is 7.81. The first-order chi connectivity index (χ1) is 5.27. The van der Waals surface area contributed by atoms with Gasteiger partial charge in [-0.2, -0.15) is 0 Å². The van der Waals surface area contributed by atoms with Crippen LogP contribution in [0.4, 0.5) is 0 Å². The highest BCUT2D eigenvalue weighted by Crippen LogP contribution is 2.10. The molecule has 0 aromatic carbocycles. The zero-order valence-electron chi connectivity index (χ0n) is 7.64. The predicted octanol–water partition coefficient (Wildman–Crippen LogP) is 4.14. The monoisotopic (exact) mass is 172 g/mol. The Bertz CT molecular complexity index is 69.3. The zero-order chi connectivity index (χ0) is 8.53. The van der Waals surface area contributed by atoms with Crippen LogP contribution >= 0.6 is 12.6 Å². The molecule has 66 valence electrons. The third kappa shape index (κ3) is 10.4. The van der Waals surface area contributed by atoms with Gasteiger partial charge in [0.05, 0.1) is 0 Å². The molecule has 0 saturated heterocycles. The van der Waals surface area contributed by atoms with Crippen molar-refractivity contribution < 1.29 is 0 Å². The molecule has 1 unspecified atom stereocenters. The molecule has 0 aliphatic heterocycles. The molecule has 0 amide bonds. The van der Waals surface area contributed by atoms with Crippen LogP contribution in [0.1, 0.15) is 51.9 Å². The second-order valence-electron chi connectivity index (χ2n) is 3.18. The average Bonchev–Trinajstić information content (AvgIpc) is 1.96. The molecule has 0 aliphatic rings. The second-order valence-corrected chi connectivity index (χ2v) is 3.85. The smallest absolute Gasteiger partial charge is 0.0152 e. The van der Waals surface area contributed by atoms with Crippen molar-refractivity contribution in [1.82, 2.24) is 0 Å². The van der Waals surface area contributed by atoms with Gasteiger partial charge in [-0.05, 0) is 13.3 Å². The lowest BCUT2D eigenvalue weighted by atomic mass is 10.1. The molecular formula is C10H20S. The fourth-order valence-electron chi connectivity index (χ4n) is 1.15. The minimum Gasteiger partial charge on any atom is -0.0904 e. The summed E-state index contributed by atoms with van der Waals surface area (Å²) in [5, 5.41) is 0.237. The van der Waals surface area contributed by atoms with Crippen molar-refractivity contribution in [3.8, 4) is 0 Å². The lowest BCUT2D eigenvalue weighted by molar-refractivity contribution is 0.595. The van der Waals surface area contributed by atoms with E-state index < -0.39 is 0 Å². The van der Waals surface area contributed by atoms with E-state index in [0.717, 1.165) is 6.42 Å². The van der Waals surface area contributed by atoms with Crippen LogP contribution in [0, 0.1) is 6.92 Å². The summed E-state index contributed by atoms with van der Waals surface area (Å²) >= 11 is 4.97. The molecule has 0 nitrogen and oxygen atoms in total. The maximum absolute atomic E-state index is 4.97. The van der Waals surface area contributed by atoms with E-state index in [2.05, 4.69) is 13.8 Å². The average molecular weight is 172 g/mol. The quantitative estimate of drug-likeness (QED) is 0.506. The summed E-state index contributed by atoms with van der Waals surface area (Å²) in [6.07, 6.45) is 9.26. The van der Waals surface area contributed by atoms with Crippen LogP contribution in [0.25, 0.3) is 0 Å². The first-order valence-corrected chi connectivity index (χ1v) is 5.23. The Morgan fingerprint density at radius 3 is 2.18 bits per heavy atom. The Hall–Kier alpha value is 0.350. The molecule has 1 heteroatoms. The van der Waals surface area contributed by atoms with Gasteiger partial charge in [0.25, 0.3) is 0 Å². The van der Waals surface area contributed by atoms with Gasteiger partial charge in [-0.1, -0.05) is 58.1 Å².